The van der Waals surface area contributed by atoms with E-state index in [-0.39, 0.29) is 10.6 Å². The van der Waals surface area contributed by atoms with E-state index in [0.29, 0.717) is 15.7 Å². The van der Waals surface area contributed by atoms with Gasteiger partial charge in [0.2, 0.25) is 5.91 Å². The Morgan fingerprint density at radius 3 is 2.23 bits per heavy atom. The van der Waals surface area contributed by atoms with E-state index < -0.39 is 22.5 Å². The molecule has 0 heterocycles. The van der Waals surface area contributed by atoms with Gasteiger partial charge in [0, 0.05) is 15.7 Å². The van der Waals surface area contributed by atoms with Crippen LogP contribution in [-0.2, 0) is 14.8 Å². The van der Waals surface area contributed by atoms with E-state index in [4.69, 9.17) is 23.2 Å². The van der Waals surface area contributed by atoms with Crippen LogP contribution in [0.5, 0.6) is 0 Å². The van der Waals surface area contributed by atoms with Gasteiger partial charge < -0.3 is 5.32 Å². The molecule has 3 rings (SSSR count). The molecule has 0 saturated carbocycles. The molecule has 0 bridgehead atoms. The Hall–Kier alpha value is -2.54. The van der Waals surface area contributed by atoms with Gasteiger partial charge in [-0.2, -0.15) is 0 Å². The average molecular weight is 463 g/mol. The topological polar surface area (TPSA) is 66.5 Å². The van der Waals surface area contributed by atoms with Gasteiger partial charge in [-0.3, -0.25) is 9.10 Å². The summed E-state index contributed by atoms with van der Waals surface area (Å²) in [5, 5.41) is 3.53. The number of carbonyl (C=O) groups is 1. The van der Waals surface area contributed by atoms with E-state index in [1.165, 1.54) is 30.3 Å². The van der Waals surface area contributed by atoms with E-state index in [2.05, 4.69) is 5.32 Å². The van der Waals surface area contributed by atoms with Crippen LogP contribution in [0.3, 0.4) is 0 Å². The number of aryl methyl sites for hydroxylation is 2. The Balaban J connectivity index is 1.94. The summed E-state index contributed by atoms with van der Waals surface area (Å²) in [6, 6.07) is 17.6. The molecule has 1 N–H and O–H groups in total. The average Bonchev–Trinajstić information content (AvgIpc) is 2.69. The molecule has 0 aliphatic carbocycles. The normalized spacial score (nSPS) is 11.2. The van der Waals surface area contributed by atoms with E-state index in [0.717, 1.165) is 15.4 Å². The van der Waals surface area contributed by atoms with Crippen LogP contribution in [-0.4, -0.2) is 20.9 Å². The highest BCUT2D eigenvalue weighted by atomic mass is 35.5. The highest BCUT2D eigenvalue weighted by Gasteiger charge is 2.27. The second kappa shape index (κ2) is 9.08. The summed E-state index contributed by atoms with van der Waals surface area (Å²) in [6.45, 7) is 3.49. The molecule has 30 heavy (non-hydrogen) atoms. The zero-order chi connectivity index (χ0) is 21.9. The number of amides is 1. The van der Waals surface area contributed by atoms with E-state index in [1.54, 1.807) is 24.3 Å². The predicted octanol–water partition coefficient (Wildman–Crippen LogP) is 5.44. The fourth-order valence-corrected chi connectivity index (χ4v) is 4.55. The van der Waals surface area contributed by atoms with Crippen LogP contribution in [0, 0.1) is 13.8 Å². The van der Waals surface area contributed by atoms with Crippen molar-refractivity contribution in [3.8, 4) is 0 Å². The van der Waals surface area contributed by atoms with E-state index >= 15 is 0 Å². The summed E-state index contributed by atoms with van der Waals surface area (Å²) in [6.07, 6.45) is 0. The first kappa shape index (κ1) is 22.2. The molecule has 5 nitrogen and oxygen atoms in total. The summed E-state index contributed by atoms with van der Waals surface area (Å²) in [7, 11) is -4.03. The number of hydrogen-bond acceptors (Lipinski definition) is 3. The Morgan fingerprint density at radius 2 is 1.60 bits per heavy atom. The van der Waals surface area contributed by atoms with Gasteiger partial charge in [-0.05, 0) is 79.6 Å². The van der Waals surface area contributed by atoms with Crippen LogP contribution in [0.25, 0.3) is 0 Å². The minimum atomic E-state index is -4.03. The molecule has 0 aliphatic heterocycles. The van der Waals surface area contributed by atoms with Crippen LogP contribution in [0.2, 0.25) is 10.0 Å². The van der Waals surface area contributed by atoms with Gasteiger partial charge in [0.25, 0.3) is 10.0 Å². The van der Waals surface area contributed by atoms with Crippen molar-refractivity contribution in [1.29, 1.82) is 0 Å². The van der Waals surface area contributed by atoms with Crippen molar-refractivity contribution in [3.05, 3.63) is 87.9 Å². The maximum atomic E-state index is 13.3. The standard InChI is InChI=1S/C22H20Cl2N2O3S/c1-15-6-9-19(12-16(15)2)25-22(27)14-26(20-5-3-4-18(24)13-20)30(28,29)21-10-7-17(23)8-11-21/h3-13H,14H2,1-2H3,(H,25,27). The first-order chi connectivity index (χ1) is 14.2. The lowest BCUT2D eigenvalue weighted by Gasteiger charge is -2.24. The Kier molecular flexibility index (Phi) is 6.71. The van der Waals surface area contributed by atoms with Crippen molar-refractivity contribution in [1.82, 2.24) is 0 Å². The molecule has 0 atom stereocenters. The number of benzene rings is 3. The van der Waals surface area contributed by atoms with Crippen molar-refractivity contribution in [2.24, 2.45) is 0 Å². The number of carbonyl (C=O) groups excluding carboxylic acids is 1. The number of nitrogens with zero attached hydrogens (tertiary/aromatic N) is 1. The summed E-state index contributed by atoms with van der Waals surface area (Å²) in [5.41, 5.74) is 3.00. The quantitative estimate of drug-likeness (QED) is 0.529. The summed E-state index contributed by atoms with van der Waals surface area (Å²) >= 11 is 12.0. The molecule has 8 heteroatoms. The first-order valence-corrected chi connectivity index (χ1v) is 11.3. The molecule has 0 spiro atoms. The summed E-state index contributed by atoms with van der Waals surface area (Å²) in [5.74, 6) is -0.476. The van der Waals surface area contributed by atoms with Crippen molar-refractivity contribution in [2.45, 2.75) is 18.7 Å². The summed E-state index contributed by atoms with van der Waals surface area (Å²) < 4.78 is 27.6. The minimum Gasteiger partial charge on any atom is -0.325 e. The number of rotatable bonds is 6. The maximum Gasteiger partial charge on any atom is 0.264 e. The SMILES string of the molecule is Cc1ccc(NC(=O)CN(c2cccc(Cl)c2)S(=O)(=O)c2ccc(Cl)cc2)cc1C. The van der Waals surface area contributed by atoms with Crippen molar-refractivity contribution >= 4 is 50.5 Å². The van der Waals surface area contributed by atoms with Crippen LogP contribution < -0.4 is 9.62 Å². The van der Waals surface area contributed by atoms with Crippen LogP contribution in [0.4, 0.5) is 11.4 Å². The van der Waals surface area contributed by atoms with Gasteiger partial charge >= 0.3 is 0 Å². The molecular formula is C22H20Cl2N2O3S. The predicted molar refractivity (Wildman–Crippen MR) is 122 cm³/mol. The monoisotopic (exact) mass is 462 g/mol. The summed E-state index contributed by atoms with van der Waals surface area (Å²) in [4.78, 5) is 12.8. The van der Waals surface area contributed by atoms with Gasteiger partial charge in [-0.15, -0.1) is 0 Å². The smallest absolute Gasteiger partial charge is 0.264 e. The molecule has 0 unspecified atom stereocenters. The fourth-order valence-electron chi connectivity index (χ4n) is 2.83. The van der Waals surface area contributed by atoms with E-state index in [1.807, 2.05) is 26.0 Å². The van der Waals surface area contributed by atoms with Gasteiger partial charge in [-0.25, -0.2) is 8.42 Å². The molecule has 0 radical (unpaired) electrons. The van der Waals surface area contributed by atoms with Gasteiger partial charge in [-0.1, -0.05) is 35.3 Å². The lowest BCUT2D eigenvalue weighted by Crippen LogP contribution is -2.38. The van der Waals surface area contributed by atoms with Gasteiger partial charge in [0.1, 0.15) is 6.54 Å². The molecular weight excluding hydrogens is 443 g/mol. The number of anilines is 2. The highest BCUT2D eigenvalue weighted by molar-refractivity contribution is 7.92. The highest BCUT2D eigenvalue weighted by Crippen LogP contribution is 2.27. The molecule has 156 valence electrons. The Morgan fingerprint density at radius 1 is 0.900 bits per heavy atom. The van der Waals surface area contributed by atoms with Crippen molar-refractivity contribution < 1.29 is 13.2 Å². The third kappa shape index (κ3) is 5.14. The third-order valence-electron chi connectivity index (χ3n) is 4.58. The minimum absolute atomic E-state index is 0.0193. The molecule has 0 aliphatic rings. The second-order valence-corrected chi connectivity index (χ2v) is 9.53. The van der Waals surface area contributed by atoms with Crippen molar-refractivity contribution in [2.75, 3.05) is 16.2 Å². The van der Waals surface area contributed by atoms with Crippen LogP contribution in [0.15, 0.2) is 71.6 Å². The van der Waals surface area contributed by atoms with Crippen LogP contribution >= 0.6 is 23.2 Å². The van der Waals surface area contributed by atoms with Crippen molar-refractivity contribution in [3.63, 3.8) is 0 Å². The number of halogens is 2. The third-order valence-corrected chi connectivity index (χ3v) is 6.85. The molecule has 0 fully saturated rings. The molecule has 0 saturated heterocycles. The molecule has 3 aromatic carbocycles. The van der Waals surface area contributed by atoms with E-state index in [9.17, 15) is 13.2 Å². The van der Waals surface area contributed by atoms with Gasteiger partial charge in [0.05, 0.1) is 10.6 Å². The molecule has 3 aromatic rings. The molecule has 1 amide bonds. The number of nitrogens with one attached hydrogen (secondary N) is 1. The molecule has 0 aromatic heterocycles. The maximum absolute atomic E-state index is 13.3. The number of hydrogen-bond donors (Lipinski definition) is 1. The Labute approximate surface area is 186 Å². The fraction of sp³-hybridized carbons (Fsp3) is 0.136. The van der Waals surface area contributed by atoms with Crippen LogP contribution in [0.1, 0.15) is 11.1 Å². The first-order valence-electron chi connectivity index (χ1n) is 9.08. The number of sulfonamides is 1. The Bertz CT molecular complexity index is 1180. The second-order valence-electron chi connectivity index (χ2n) is 6.79. The largest absolute Gasteiger partial charge is 0.325 e. The van der Waals surface area contributed by atoms with Gasteiger partial charge in [0.15, 0.2) is 0 Å². The zero-order valence-electron chi connectivity index (χ0n) is 16.4. The lowest BCUT2D eigenvalue weighted by atomic mass is 10.1. The lowest BCUT2D eigenvalue weighted by molar-refractivity contribution is -0.114. The zero-order valence-corrected chi connectivity index (χ0v) is 18.7.